The summed E-state index contributed by atoms with van der Waals surface area (Å²) in [5.41, 5.74) is 1.88. The van der Waals surface area contributed by atoms with Crippen molar-refractivity contribution in [3.8, 4) is 5.75 Å². The van der Waals surface area contributed by atoms with Crippen molar-refractivity contribution in [1.82, 2.24) is 5.32 Å². The Hall–Kier alpha value is -1.23. The van der Waals surface area contributed by atoms with Crippen molar-refractivity contribution in [2.75, 3.05) is 13.1 Å². The molecule has 0 amide bonds. The van der Waals surface area contributed by atoms with Gasteiger partial charge in [0, 0.05) is 13.1 Å². The molecule has 3 rings (SSSR count). The van der Waals surface area contributed by atoms with E-state index in [4.69, 9.17) is 0 Å². The molecule has 2 nitrogen and oxygen atoms in total. The monoisotopic (exact) mass is 285 g/mol. The van der Waals surface area contributed by atoms with E-state index in [1.807, 2.05) is 6.07 Å². The summed E-state index contributed by atoms with van der Waals surface area (Å²) < 4.78 is 41.3. The summed E-state index contributed by atoms with van der Waals surface area (Å²) in [6.07, 6.45) is -1.35. The summed E-state index contributed by atoms with van der Waals surface area (Å²) in [5, 5.41) is 3.29. The Labute approximate surface area is 116 Å². The van der Waals surface area contributed by atoms with Crippen molar-refractivity contribution in [3.05, 3.63) is 29.3 Å². The number of halogens is 3. The van der Waals surface area contributed by atoms with Crippen LogP contribution in [0.25, 0.3) is 0 Å². The number of nitrogens with one attached hydrogen (secondary N) is 1. The second-order valence-corrected chi connectivity index (χ2v) is 6.12. The zero-order valence-corrected chi connectivity index (χ0v) is 11.4. The summed E-state index contributed by atoms with van der Waals surface area (Å²) in [6.45, 7) is 3.72. The molecule has 1 heterocycles. The second kappa shape index (κ2) is 4.65. The van der Waals surface area contributed by atoms with Crippen molar-refractivity contribution >= 4 is 0 Å². The van der Waals surface area contributed by atoms with E-state index in [2.05, 4.69) is 10.1 Å². The molecule has 1 aromatic carbocycles. The topological polar surface area (TPSA) is 21.3 Å². The van der Waals surface area contributed by atoms with Crippen molar-refractivity contribution in [1.29, 1.82) is 0 Å². The van der Waals surface area contributed by atoms with Gasteiger partial charge in [-0.05, 0) is 54.7 Å². The number of hydrogen-bond donors (Lipinski definition) is 1. The first-order chi connectivity index (χ1) is 9.37. The van der Waals surface area contributed by atoms with E-state index in [0.29, 0.717) is 16.9 Å². The molecule has 1 aromatic rings. The standard InChI is InChI=1S/C15H18F3NO/c1-10-2-3-11(6-13(10)20-15(16,17)18)12-4-5-14(7-12)8-19-9-14/h2-3,6,12,19H,4-5,7-9H2,1H3/t12-/m1/s1. The molecule has 2 fully saturated rings. The van der Waals surface area contributed by atoms with Gasteiger partial charge < -0.3 is 10.1 Å². The molecule has 1 aliphatic carbocycles. The van der Waals surface area contributed by atoms with Crippen molar-refractivity contribution in [2.24, 2.45) is 5.41 Å². The van der Waals surface area contributed by atoms with Gasteiger partial charge in [-0.2, -0.15) is 0 Å². The van der Waals surface area contributed by atoms with Crippen LogP contribution in [-0.2, 0) is 0 Å². The number of benzene rings is 1. The first kappa shape index (κ1) is 13.7. The SMILES string of the molecule is Cc1ccc([C@@H]2CCC3(CNC3)C2)cc1OC(F)(F)F. The molecule has 1 atom stereocenters. The zero-order chi connectivity index (χ0) is 14.4. The van der Waals surface area contributed by atoms with Crippen molar-refractivity contribution in [2.45, 2.75) is 38.5 Å². The lowest BCUT2D eigenvalue weighted by molar-refractivity contribution is -0.274. The molecule has 1 saturated carbocycles. The largest absolute Gasteiger partial charge is 0.573 e. The first-order valence-corrected chi connectivity index (χ1v) is 6.94. The van der Waals surface area contributed by atoms with E-state index in [0.717, 1.165) is 37.9 Å². The molecule has 1 N–H and O–H groups in total. The van der Waals surface area contributed by atoms with E-state index in [-0.39, 0.29) is 5.75 Å². The number of alkyl halides is 3. The second-order valence-electron chi connectivity index (χ2n) is 6.12. The van der Waals surface area contributed by atoms with Gasteiger partial charge in [0.2, 0.25) is 0 Å². The molecular weight excluding hydrogens is 267 g/mol. The Morgan fingerprint density at radius 2 is 2.05 bits per heavy atom. The van der Waals surface area contributed by atoms with Crippen LogP contribution in [0.15, 0.2) is 18.2 Å². The van der Waals surface area contributed by atoms with Gasteiger partial charge in [0.25, 0.3) is 0 Å². The lowest BCUT2D eigenvalue weighted by Crippen LogP contribution is -2.51. The summed E-state index contributed by atoms with van der Waals surface area (Å²) >= 11 is 0. The van der Waals surface area contributed by atoms with Crippen LogP contribution in [0.3, 0.4) is 0 Å². The van der Waals surface area contributed by atoms with Crippen molar-refractivity contribution < 1.29 is 17.9 Å². The van der Waals surface area contributed by atoms with Crippen LogP contribution in [0.1, 0.15) is 36.3 Å². The predicted octanol–water partition coefficient (Wildman–Crippen LogP) is 3.75. The molecule has 2 aliphatic rings. The molecule has 0 unspecified atom stereocenters. The third kappa shape index (κ3) is 2.64. The zero-order valence-electron chi connectivity index (χ0n) is 11.4. The summed E-state index contributed by atoms with van der Waals surface area (Å²) in [6, 6.07) is 5.23. The minimum Gasteiger partial charge on any atom is -0.406 e. The van der Waals surface area contributed by atoms with E-state index < -0.39 is 6.36 Å². The molecule has 20 heavy (non-hydrogen) atoms. The van der Waals surface area contributed by atoms with Crippen LogP contribution < -0.4 is 10.1 Å². The fourth-order valence-electron chi connectivity index (χ4n) is 3.40. The Bertz CT molecular complexity index is 508. The number of hydrogen-bond acceptors (Lipinski definition) is 2. The van der Waals surface area contributed by atoms with E-state index in [1.54, 1.807) is 19.1 Å². The molecule has 0 radical (unpaired) electrons. The third-order valence-electron chi connectivity index (χ3n) is 4.61. The first-order valence-electron chi connectivity index (χ1n) is 6.94. The fraction of sp³-hybridized carbons (Fsp3) is 0.600. The highest BCUT2D eigenvalue weighted by Gasteiger charge is 2.44. The van der Waals surface area contributed by atoms with Gasteiger partial charge in [-0.25, -0.2) is 0 Å². The summed E-state index contributed by atoms with van der Waals surface area (Å²) in [4.78, 5) is 0. The van der Waals surface area contributed by atoms with Crippen LogP contribution in [0.4, 0.5) is 13.2 Å². The smallest absolute Gasteiger partial charge is 0.406 e. The van der Waals surface area contributed by atoms with E-state index in [1.165, 1.54) is 0 Å². The highest BCUT2D eigenvalue weighted by molar-refractivity contribution is 5.38. The van der Waals surface area contributed by atoms with Crippen LogP contribution >= 0.6 is 0 Å². The molecule has 5 heteroatoms. The average Bonchev–Trinajstić information content (AvgIpc) is 2.75. The maximum Gasteiger partial charge on any atom is 0.573 e. The molecule has 110 valence electrons. The molecular formula is C15H18F3NO. The van der Waals surface area contributed by atoms with Gasteiger partial charge in [-0.3, -0.25) is 0 Å². The minimum absolute atomic E-state index is 0.0670. The summed E-state index contributed by atoms with van der Waals surface area (Å²) in [5.74, 6) is 0.288. The van der Waals surface area contributed by atoms with Crippen LogP contribution in [-0.4, -0.2) is 19.5 Å². The molecule has 1 saturated heterocycles. The van der Waals surface area contributed by atoms with Crippen LogP contribution in [0.2, 0.25) is 0 Å². The predicted molar refractivity (Wildman–Crippen MR) is 69.8 cm³/mol. The lowest BCUT2D eigenvalue weighted by Gasteiger charge is -2.39. The van der Waals surface area contributed by atoms with Gasteiger partial charge in [0.1, 0.15) is 5.75 Å². The van der Waals surface area contributed by atoms with E-state index >= 15 is 0 Å². The molecule has 1 aliphatic heterocycles. The Morgan fingerprint density at radius 3 is 2.60 bits per heavy atom. The minimum atomic E-state index is -4.63. The van der Waals surface area contributed by atoms with Crippen LogP contribution in [0, 0.1) is 12.3 Å². The third-order valence-corrected chi connectivity index (χ3v) is 4.61. The maximum atomic E-state index is 12.4. The van der Waals surface area contributed by atoms with Crippen LogP contribution in [0.5, 0.6) is 5.75 Å². The van der Waals surface area contributed by atoms with Gasteiger partial charge in [-0.15, -0.1) is 13.2 Å². The molecule has 0 aromatic heterocycles. The maximum absolute atomic E-state index is 12.4. The lowest BCUT2D eigenvalue weighted by atomic mass is 9.79. The van der Waals surface area contributed by atoms with Gasteiger partial charge >= 0.3 is 6.36 Å². The van der Waals surface area contributed by atoms with Gasteiger partial charge in [0.15, 0.2) is 0 Å². The number of aryl methyl sites for hydroxylation is 1. The highest BCUT2D eigenvalue weighted by Crippen LogP contribution is 2.49. The Morgan fingerprint density at radius 1 is 1.30 bits per heavy atom. The molecule has 1 spiro atoms. The van der Waals surface area contributed by atoms with E-state index in [9.17, 15) is 13.2 Å². The Kier molecular flexibility index (Phi) is 3.20. The highest BCUT2D eigenvalue weighted by atomic mass is 19.4. The van der Waals surface area contributed by atoms with Gasteiger partial charge in [0.05, 0.1) is 0 Å². The van der Waals surface area contributed by atoms with Crippen molar-refractivity contribution in [3.63, 3.8) is 0 Å². The summed E-state index contributed by atoms with van der Waals surface area (Å²) in [7, 11) is 0. The normalized spacial score (nSPS) is 24.7. The quantitative estimate of drug-likeness (QED) is 0.893. The number of ether oxygens (including phenoxy) is 1. The average molecular weight is 285 g/mol. The fourth-order valence-corrected chi connectivity index (χ4v) is 3.40. The molecule has 0 bridgehead atoms. The number of rotatable bonds is 2. The van der Waals surface area contributed by atoms with Gasteiger partial charge in [-0.1, -0.05) is 12.1 Å². The Balaban J connectivity index is 1.79.